The molecule has 0 fully saturated rings. The molecule has 0 amide bonds. The third-order valence-corrected chi connectivity index (χ3v) is 4.11. The van der Waals surface area contributed by atoms with Gasteiger partial charge in [0.15, 0.2) is 5.69 Å². The van der Waals surface area contributed by atoms with Gasteiger partial charge < -0.3 is 0 Å². The number of nitro groups is 2. The minimum absolute atomic E-state index is 0.0563. The Morgan fingerprint density at radius 2 is 1.92 bits per heavy atom. The van der Waals surface area contributed by atoms with Crippen LogP contribution in [0.2, 0.25) is 5.02 Å². The number of pyridine rings is 1. The summed E-state index contributed by atoms with van der Waals surface area (Å²) in [6, 6.07) is 5.69. The number of nitrogens with zero attached hydrogens (tertiary/aromatic N) is 4. The Morgan fingerprint density at radius 3 is 2.50 bits per heavy atom. The Bertz CT molecular complexity index is 857. The molecule has 0 aliphatic carbocycles. The number of nitrogens with one attached hydrogen (secondary N) is 1. The van der Waals surface area contributed by atoms with E-state index in [9.17, 15) is 20.2 Å². The summed E-state index contributed by atoms with van der Waals surface area (Å²) in [5, 5.41) is 26.1. The van der Waals surface area contributed by atoms with Gasteiger partial charge in [0.1, 0.15) is 0 Å². The Balaban J connectivity index is 2.22. The van der Waals surface area contributed by atoms with Crippen LogP contribution in [0.4, 0.5) is 17.1 Å². The predicted octanol–water partition coefficient (Wildman–Crippen LogP) is 4.22. The normalized spacial score (nSPS) is 12.5. The smallest absolute Gasteiger partial charge is 0.271 e. The van der Waals surface area contributed by atoms with Crippen molar-refractivity contribution in [2.24, 2.45) is 11.0 Å². The van der Waals surface area contributed by atoms with Crippen LogP contribution < -0.4 is 5.43 Å². The molecule has 1 heterocycles. The zero-order valence-electron chi connectivity index (χ0n) is 14.0. The summed E-state index contributed by atoms with van der Waals surface area (Å²) in [5.41, 5.74) is 3.30. The molecule has 1 atom stereocenters. The van der Waals surface area contributed by atoms with Crippen LogP contribution in [0.5, 0.6) is 0 Å². The van der Waals surface area contributed by atoms with Gasteiger partial charge >= 0.3 is 5.69 Å². The van der Waals surface area contributed by atoms with Crippen LogP contribution in [-0.4, -0.2) is 20.5 Å². The Morgan fingerprint density at radius 1 is 1.27 bits per heavy atom. The number of benzene rings is 1. The molecular weight excluding hydrogens is 362 g/mol. The van der Waals surface area contributed by atoms with Crippen LogP contribution in [0.3, 0.4) is 0 Å². The zero-order valence-corrected chi connectivity index (χ0v) is 14.8. The molecule has 0 aliphatic heterocycles. The number of rotatable bonds is 7. The fourth-order valence-corrected chi connectivity index (χ4v) is 2.46. The quantitative estimate of drug-likeness (QED) is 0.437. The van der Waals surface area contributed by atoms with Gasteiger partial charge in [-0.15, -0.1) is 0 Å². The first kappa shape index (κ1) is 19.3. The summed E-state index contributed by atoms with van der Waals surface area (Å²) in [7, 11) is 0. The van der Waals surface area contributed by atoms with Gasteiger partial charge in [0.2, 0.25) is 0 Å². The Kier molecular flexibility index (Phi) is 6.18. The van der Waals surface area contributed by atoms with E-state index in [4.69, 9.17) is 11.6 Å². The number of nitro benzene ring substituents is 2. The highest BCUT2D eigenvalue weighted by Gasteiger charge is 2.23. The van der Waals surface area contributed by atoms with Crippen molar-refractivity contribution in [3.05, 3.63) is 67.5 Å². The molecule has 2 aromatic rings. The van der Waals surface area contributed by atoms with Gasteiger partial charge in [0, 0.05) is 24.2 Å². The maximum Gasteiger partial charge on any atom is 0.302 e. The van der Waals surface area contributed by atoms with Crippen LogP contribution in [0.1, 0.15) is 19.4 Å². The molecule has 0 aliphatic rings. The Labute approximate surface area is 154 Å². The van der Waals surface area contributed by atoms with E-state index in [0.717, 1.165) is 24.1 Å². The molecule has 0 saturated heterocycles. The highest BCUT2D eigenvalue weighted by molar-refractivity contribution is 6.34. The maximum absolute atomic E-state index is 11.2. The molecule has 0 bridgehead atoms. The number of hydrogen-bond donors (Lipinski definition) is 1. The molecule has 1 N–H and O–H groups in total. The zero-order chi connectivity index (χ0) is 19.3. The highest BCUT2D eigenvalue weighted by atomic mass is 35.5. The van der Waals surface area contributed by atoms with Crippen molar-refractivity contribution in [3.8, 4) is 0 Å². The molecule has 10 heteroatoms. The van der Waals surface area contributed by atoms with E-state index in [1.54, 1.807) is 19.3 Å². The molecule has 1 unspecified atom stereocenters. The van der Waals surface area contributed by atoms with Crippen LogP contribution in [0.25, 0.3) is 0 Å². The van der Waals surface area contributed by atoms with Crippen molar-refractivity contribution in [1.82, 2.24) is 4.98 Å². The van der Waals surface area contributed by atoms with Gasteiger partial charge in [0.25, 0.3) is 5.69 Å². The van der Waals surface area contributed by atoms with Crippen molar-refractivity contribution >= 4 is 34.4 Å². The average molecular weight is 378 g/mol. The molecule has 26 heavy (non-hydrogen) atoms. The average Bonchev–Trinajstić information content (AvgIpc) is 2.60. The lowest BCUT2D eigenvalue weighted by Crippen LogP contribution is -2.12. The van der Waals surface area contributed by atoms with Crippen LogP contribution >= 0.6 is 11.6 Å². The molecular formula is C16H16ClN5O4. The monoisotopic (exact) mass is 377 g/mol. The number of halogens is 1. The number of hydrazone groups is 1. The fraction of sp³-hybridized carbons (Fsp3) is 0.250. The van der Waals surface area contributed by atoms with E-state index in [1.807, 2.05) is 19.1 Å². The number of aromatic nitrogens is 1. The largest absolute Gasteiger partial charge is 0.302 e. The van der Waals surface area contributed by atoms with Gasteiger partial charge in [-0.05, 0) is 37.0 Å². The lowest BCUT2D eigenvalue weighted by Gasteiger charge is -2.12. The van der Waals surface area contributed by atoms with Crippen molar-refractivity contribution in [3.63, 3.8) is 0 Å². The Hall–Kier alpha value is -3.07. The van der Waals surface area contributed by atoms with Gasteiger partial charge in [-0.1, -0.05) is 18.5 Å². The second-order valence-electron chi connectivity index (χ2n) is 5.66. The second-order valence-corrected chi connectivity index (χ2v) is 6.07. The second kappa shape index (κ2) is 8.34. The van der Waals surface area contributed by atoms with Gasteiger partial charge in [-0.2, -0.15) is 5.10 Å². The summed E-state index contributed by atoms with van der Waals surface area (Å²) in [4.78, 5) is 24.5. The number of non-ortho nitro benzene ring substituents is 1. The lowest BCUT2D eigenvalue weighted by atomic mass is 9.98. The molecule has 0 saturated carbocycles. The van der Waals surface area contributed by atoms with E-state index in [1.165, 1.54) is 0 Å². The maximum atomic E-state index is 11.2. The summed E-state index contributed by atoms with van der Waals surface area (Å²) in [5.74, 6) is 0.0563. The van der Waals surface area contributed by atoms with E-state index < -0.39 is 21.2 Å². The fourth-order valence-electron chi connectivity index (χ4n) is 2.21. The van der Waals surface area contributed by atoms with Gasteiger partial charge in [-0.25, -0.2) is 0 Å². The van der Waals surface area contributed by atoms with E-state index in [0.29, 0.717) is 5.71 Å². The van der Waals surface area contributed by atoms with Crippen molar-refractivity contribution in [2.45, 2.75) is 20.3 Å². The van der Waals surface area contributed by atoms with E-state index in [2.05, 4.69) is 15.5 Å². The molecule has 1 aromatic carbocycles. The SMILES string of the molecule is C/C(=N\Nc1c(Cl)cc([N+](=O)[O-])cc1[N+](=O)[O-])C(C)Cc1ccncc1. The summed E-state index contributed by atoms with van der Waals surface area (Å²) in [6.45, 7) is 3.75. The summed E-state index contributed by atoms with van der Waals surface area (Å²) < 4.78 is 0. The first-order valence-electron chi connectivity index (χ1n) is 7.61. The number of hydrogen-bond acceptors (Lipinski definition) is 7. The van der Waals surface area contributed by atoms with Gasteiger partial charge in [0.05, 0.1) is 20.9 Å². The van der Waals surface area contributed by atoms with Crippen LogP contribution in [0, 0.1) is 26.1 Å². The minimum Gasteiger partial charge on any atom is -0.271 e. The molecule has 0 spiro atoms. The minimum atomic E-state index is -0.744. The van der Waals surface area contributed by atoms with Crippen LogP contribution in [0.15, 0.2) is 41.8 Å². The third kappa shape index (κ3) is 4.73. The molecule has 136 valence electrons. The number of anilines is 1. The summed E-state index contributed by atoms with van der Waals surface area (Å²) in [6.07, 6.45) is 4.12. The lowest BCUT2D eigenvalue weighted by molar-refractivity contribution is -0.393. The first-order chi connectivity index (χ1) is 12.3. The van der Waals surface area contributed by atoms with Crippen molar-refractivity contribution in [2.75, 3.05) is 5.43 Å². The molecule has 0 radical (unpaired) electrons. The predicted molar refractivity (Wildman–Crippen MR) is 98.6 cm³/mol. The summed E-state index contributed by atoms with van der Waals surface area (Å²) >= 11 is 5.97. The van der Waals surface area contributed by atoms with Crippen molar-refractivity contribution in [1.29, 1.82) is 0 Å². The van der Waals surface area contributed by atoms with E-state index in [-0.39, 0.29) is 16.6 Å². The van der Waals surface area contributed by atoms with E-state index >= 15 is 0 Å². The molecule has 1 aromatic heterocycles. The molecule has 2 rings (SSSR count). The third-order valence-electron chi connectivity index (χ3n) is 3.81. The topological polar surface area (TPSA) is 124 Å². The highest BCUT2D eigenvalue weighted by Crippen LogP contribution is 2.36. The van der Waals surface area contributed by atoms with Crippen LogP contribution in [-0.2, 0) is 6.42 Å². The standard InChI is InChI=1S/C16H16ClN5O4/c1-10(7-12-3-5-18-6-4-12)11(2)19-20-16-14(17)8-13(21(23)24)9-15(16)22(25)26/h3-6,8-10,20H,7H2,1-2H3/b19-11+. The first-order valence-corrected chi connectivity index (χ1v) is 7.98. The van der Waals surface area contributed by atoms with Gasteiger partial charge in [-0.3, -0.25) is 30.6 Å². The van der Waals surface area contributed by atoms with Crippen molar-refractivity contribution < 1.29 is 9.85 Å². The molecule has 9 nitrogen and oxygen atoms in total.